The summed E-state index contributed by atoms with van der Waals surface area (Å²) in [6, 6.07) is 4.65. The number of ether oxygens (including phenoxy) is 2. The van der Waals surface area contributed by atoms with Crippen LogP contribution in [0.3, 0.4) is 0 Å². The zero-order valence-corrected chi connectivity index (χ0v) is 21.9. The van der Waals surface area contributed by atoms with Crippen LogP contribution in [-0.2, 0) is 0 Å². The van der Waals surface area contributed by atoms with Gasteiger partial charge >= 0.3 is 0 Å². The summed E-state index contributed by atoms with van der Waals surface area (Å²) in [5, 5.41) is 65.7. The number of benzene rings is 4. The highest BCUT2D eigenvalue weighted by Gasteiger charge is 2.38. The average molecular weight is 547 g/mol. The van der Waals surface area contributed by atoms with Crippen LogP contribution < -0.4 is 9.47 Å². The van der Waals surface area contributed by atoms with E-state index < -0.39 is 58.5 Å². The monoisotopic (exact) mass is 546 g/mol. The highest BCUT2D eigenvalue weighted by molar-refractivity contribution is 6.19. The van der Waals surface area contributed by atoms with E-state index in [9.17, 15) is 40.2 Å². The zero-order valence-electron chi connectivity index (χ0n) is 21.9. The van der Waals surface area contributed by atoms with Crippen LogP contribution in [-0.4, -0.2) is 54.4 Å². The molecule has 4 aromatic rings. The van der Waals surface area contributed by atoms with Crippen molar-refractivity contribution in [2.75, 3.05) is 0 Å². The van der Waals surface area contributed by atoms with Crippen LogP contribution in [0.15, 0.2) is 24.3 Å². The standard InChI is InChI=1S/C30H26O10/c1-9-11(3)39-19-5-13-21(15(31)7-17(33)23(13)29(37)25(19)27(9)35)22-14-6-20-26(28(36)10(2)12(4)40-20)30(38)24(14)18(34)8-16(22)32/h5-12,31-34,37-38H,1-4H3/t9-,10+,11-,12+. The van der Waals surface area contributed by atoms with Gasteiger partial charge in [0.2, 0.25) is 0 Å². The minimum absolute atomic E-state index is 0.0155. The van der Waals surface area contributed by atoms with E-state index in [1.165, 1.54) is 12.1 Å². The molecule has 2 heterocycles. The second-order valence-corrected chi connectivity index (χ2v) is 10.6. The predicted molar refractivity (Wildman–Crippen MR) is 144 cm³/mol. The summed E-state index contributed by atoms with van der Waals surface area (Å²) in [4.78, 5) is 26.1. The van der Waals surface area contributed by atoms with Crippen molar-refractivity contribution in [1.29, 1.82) is 0 Å². The van der Waals surface area contributed by atoms with E-state index in [1.807, 2.05) is 0 Å². The maximum absolute atomic E-state index is 13.0. The van der Waals surface area contributed by atoms with Crippen LogP contribution in [0.1, 0.15) is 48.4 Å². The molecule has 0 bridgehead atoms. The van der Waals surface area contributed by atoms with Crippen LogP contribution in [0.4, 0.5) is 0 Å². The van der Waals surface area contributed by atoms with Crippen molar-refractivity contribution in [3.63, 3.8) is 0 Å². The van der Waals surface area contributed by atoms with Crippen LogP contribution in [0, 0.1) is 11.8 Å². The third-order valence-electron chi connectivity index (χ3n) is 8.24. The molecule has 4 atom stereocenters. The van der Waals surface area contributed by atoms with Gasteiger partial charge in [-0.2, -0.15) is 0 Å². The topological polar surface area (TPSA) is 174 Å². The molecule has 0 saturated carbocycles. The fraction of sp³-hybridized carbons (Fsp3) is 0.267. The molecule has 4 aromatic carbocycles. The molecule has 10 nitrogen and oxygen atoms in total. The van der Waals surface area contributed by atoms with Gasteiger partial charge in [-0.25, -0.2) is 0 Å². The molecule has 0 aliphatic carbocycles. The highest BCUT2D eigenvalue weighted by atomic mass is 16.5. The molecule has 2 aliphatic heterocycles. The number of carbonyl (C=O) groups excluding carboxylic acids is 2. The van der Waals surface area contributed by atoms with Crippen LogP contribution in [0.25, 0.3) is 32.7 Å². The number of aromatic hydroxyl groups is 6. The highest BCUT2D eigenvalue weighted by Crippen LogP contribution is 2.55. The molecule has 0 unspecified atom stereocenters. The Morgan fingerprint density at radius 2 is 0.875 bits per heavy atom. The number of hydrogen-bond acceptors (Lipinski definition) is 10. The van der Waals surface area contributed by atoms with E-state index in [2.05, 4.69) is 0 Å². The van der Waals surface area contributed by atoms with Gasteiger partial charge in [-0.05, 0) is 26.0 Å². The summed E-state index contributed by atoms with van der Waals surface area (Å²) in [6.45, 7) is 6.71. The molecule has 0 spiro atoms. The van der Waals surface area contributed by atoms with E-state index in [-0.39, 0.29) is 66.9 Å². The SMILES string of the molecule is C[C@@H]1Oc2cc3c(-c4c(O)cc(O)c5c(O)c6c(cc45)O[C@H](C)[C@@H](C)C6=O)c(O)cc(O)c3c(O)c2C(=O)[C@H]1C. The Bertz CT molecular complexity index is 1690. The number of carbonyl (C=O) groups is 2. The Balaban J connectivity index is 1.76. The Labute approximate surface area is 227 Å². The number of rotatable bonds is 1. The molecule has 206 valence electrons. The average Bonchev–Trinajstić information content (AvgIpc) is 2.86. The normalized spacial score (nSPS) is 22.1. The first-order chi connectivity index (χ1) is 18.8. The summed E-state index contributed by atoms with van der Waals surface area (Å²) in [5.41, 5.74) is -0.435. The van der Waals surface area contributed by atoms with Crippen molar-refractivity contribution in [1.82, 2.24) is 0 Å². The zero-order chi connectivity index (χ0) is 28.9. The van der Waals surface area contributed by atoms with Gasteiger partial charge in [-0.1, -0.05) is 13.8 Å². The van der Waals surface area contributed by atoms with E-state index in [0.717, 1.165) is 12.1 Å². The first kappa shape index (κ1) is 25.4. The van der Waals surface area contributed by atoms with E-state index in [4.69, 9.17) is 9.47 Å². The van der Waals surface area contributed by atoms with Gasteiger partial charge < -0.3 is 40.1 Å². The molecule has 0 radical (unpaired) electrons. The van der Waals surface area contributed by atoms with Gasteiger partial charge in [-0.3, -0.25) is 9.59 Å². The summed E-state index contributed by atoms with van der Waals surface area (Å²) in [5.74, 6) is -5.10. The minimum Gasteiger partial charge on any atom is -0.507 e. The Kier molecular flexibility index (Phi) is 5.29. The largest absolute Gasteiger partial charge is 0.507 e. The molecule has 0 saturated heterocycles. The number of Topliss-reactive ketones (excluding diaryl/α,β-unsaturated/α-hetero) is 2. The number of hydrogen-bond donors (Lipinski definition) is 6. The first-order valence-corrected chi connectivity index (χ1v) is 12.7. The van der Waals surface area contributed by atoms with Gasteiger partial charge in [0.1, 0.15) is 69.3 Å². The molecule has 0 fully saturated rings. The van der Waals surface area contributed by atoms with Gasteiger partial charge in [0.05, 0.1) is 22.6 Å². The molecule has 2 aliphatic rings. The maximum atomic E-state index is 13.0. The number of phenolic OH excluding ortho intramolecular Hbond substituents is 6. The van der Waals surface area contributed by atoms with Gasteiger partial charge in [0, 0.05) is 34.0 Å². The number of phenols is 6. The third kappa shape index (κ3) is 3.22. The summed E-state index contributed by atoms with van der Waals surface area (Å²) in [7, 11) is 0. The summed E-state index contributed by atoms with van der Waals surface area (Å²) < 4.78 is 11.8. The van der Waals surface area contributed by atoms with Crippen molar-refractivity contribution in [3.8, 4) is 57.1 Å². The molecule has 0 aromatic heterocycles. The Hall–Kier alpha value is -4.86. The fourth-order valence-corrected chi connectivity index (χ4v) is 5.70. The van der Waals surface area contributed by atoms with Crippen LogP contribution in [0.5, 0.6) is 46.0 Å². The smallest absolute Gasteiger partial charge is 0.176 e. The van der Waals surface area contributed by atoms with Crippen LogP contribution in [0.2, 0.25) is 0 Å². The lowest BCUT2D eigenvalue weighted by atomic mass is 9.84. The second kappa shape index (κ2) is 8.32. The Morgan fingerprint density at radius 3 is 1.23 bits per heavy atom. The second-order valence-electron chi connectivity index (χ2n) is 10.6. The fourth-order valence-electron chi connectivity index (χ4n) is 5.70. The lowest BCUT2D eigenvalue weighted by Crippen LogP contribution is -2.33. The summed E-state index contributed by atoms with van der Waals surface area (Å²) in [6.07, 6.45) is -1.06. The maximum Gasteiger partial charge on any atom is 0.176 e. The molecule has 10 heteroatoms. The van der Waals surface area contributed by atoms with Gasteiger partial charge in [0.15, 0.2) is 11.6 Å². The molecular weight excluding hydrogens is 520 g/mol. The predicted octanol–water partition coefficient (Wildman–Crippen LogP) is 5.09. The van der Waals surface area contributed by atoms with Gasteiger partial charge in [-0.15, -0.1) is 0 Å². The number of fused-ring (bicyclic) bond motifs is 4. The molecule has 40 heavy (non-hydrogen) atoms. The minimum atomic E-state index is -0.568. The first-order valence-electron chi connectivity index (χ1n) is 12.7. The van der Waals surface area contributed by atoms with Crippen molar-refractivity contribution < 1.29 is 49.7 Å². The van der Waals surface area contributed by atoms with E-state index >= 15 is 0 Å². The van der Waals surface area contributed by atoms with Crippen molar-refractivity contribution in [2.45, 2.75) is 39.9 Å². The number of ketones is 2. The molecule has 6 N–H and O–H groups in total. The molecular formula is C30H26O10. The molecule has 6 rings (SSSR count). The lowest BCUT2D eigenvalue weighted by Gasteiger charge is -2.30. The third-order valence-corrected chi connectivity index (χ3v) is 8.24. The van der Waals surface area contributed by atoms with Crippen molar-refractivity contribution in [2.24, 2.45) is 11.8 Å². The van der Waals surface area contributed by atoms with E-state index in [0.29, 0.717) is 0 Å². The van der Waals surface area contributed by atoms with Crippen molar-refractivity contribution in [3.05, 3.63) is 35.4 Å². The van der Waals surface area contributed by atoms with E-state index in [1.54, 1.807) is 27.7 Å². The molecule has 0 amide bonds. The van der Waals surface area contributed by atoms with Crippen molar-refractivity contribution >= 4 is 33.1 Å². The lowest BCUT2D eigenvalue weighted by molar-refractivity contribution is 0.0716. The van der Waals surface area contributed by atoms with Crippen LogP contribution >= 0.6 is 0 Å². The van der Waals surface area contributed by atoms with Gasteiger partial charge in [0.25, 0.3) is 0 Å². The summed E-state index contributed by atoms with van der Waals surface area (Å²) >= 11 is 0. The Morgan fingerprint density at radius 1 is 0.525 bits per heavy atom. The quantitative estimate of drug-likeness (QED) is 0.189.